The third-order valence-corrected chi connectivity index (χ3v) is 3.20. The topological polar surface area (TPSA) is 69.2 Å². The van der Waals surface area contributed by atoms with Gasteiger partial charge >= 0.3 is 6.09 Å². The van der Waals surface area contributed by atoms with E-state index in [1.54, 1.807) is 11.9 Å². The van der Waals surface area contributed by atoms with Crippen LogP contribution in [0.1, 0.15) is 20.8 Å². The Labute approximate surface area is 127 Å². The molecule has 1 aliphatic rings. The number of ether oxygens (including phenoxy) is 1. The lowest BCUT2D eigenvalue weighted by molar-refractivity contribution is 0.0147. The van der Waals surface area contributed by atoms with Crippen LogP contribution >= 0.6 is 0 Å². The minimum absolute atomic E-state index is 0.212. The van der Waals surface area contributed by atoms with Crippen molar-refractivity contribution in [3.63, 3.8) is 0 Å². The van der Waals surface area contributed by atoms with Crippen LogP contribution in [0.2, 0.25) is 0 Å². The number of piperazine rings is 1. The van der Waals surface area contributed by atoms with Gasteiger partial charge in [0.15, 0.2) is 5.96 Å². The molecule has 1 saturated heterocycles. The lowest BCUT2D eigenvalue weighted by Gasteiger charge is -2.35. The highest BCUT2D eigenvalue weighted by molar-refractivity contribution is 5.79. The van der Waals surface area contributed by atoms with Crippen LogP contribution in [0.5, 0.6) is 0 Å². The first-order valence-corrected chi connectivity index (χ1v) is 7.44. The standard InChI is InChI=1S/C14H29N5O2/c1-14(2,3)21-13(20)19-10-8-18(9-11-19)7-6-17-12(15-4)16-5/h6-11H2,1-5H3,(H2,15,16,17). The monoisotopic (exact) mass is 299 g/mol. The molecule has 0 aromatic heterocycles. The van der Waals surface area contributed by atoms with Gasteiger partial charge in [0.1, 0.15) is 5.60 Å². The zero-order valence-corrected chi connectivity index (χ0v) is 13.9. The van der Waals surface area contributed by atoms with Gasteiger partial charge < -0.3 is 20.3 Å². The van der Waals surface area contributed by atoms with E-state index in [-0.39, 0.29) is 6.09 Å². The fourth-order valence-corrected chi connectivity index (χ4v) is 2.09. The van der Waals surface area contributed by atoms with Crippen molar-refractivity contribution in [1.82, 2.24) is 20.4 Å². The first-order chi connectivity index (χ1) is 9.85. The van der Waals surface area contributed by atoms with Crippen molar-refractivity contribution in [2.45, 2.75) is 26.4 Å². The average Bonchev–Trinajstić information content (AvgIpc) is 2.42. The van der Waals surface area contributed by atoms with Crippen LogP contribution < -0.4 is 10.6 Å². The Kier molecular flexibility index (Phi) is 6.74. The lowest BCUT2D eigenvalue weighted by atomic mass is 10.2. The van der Waals surface area contributed by atoms with E-state index in [0.29, 0.717) is 0 Å². The first-order valence-electron chi connectivity index (χ1n) is 7.44. The predicted octanol–water partition coefficient (Wildman–Crippen LogP) is 0.334. The molecule has 122 valence electrons. The summed E-state index contributed by atoms with van der Waals surface area (Å²) in [6, 6.07) is 0. The van der Waals surface area contributed by atoms with E-state index >= 15 is 0 Å². The van der Waals surface area contributed by atoms with Crippen molar-refractivity contribution in [2.75, 3.05) is 53.4 Å². The number of carbonyl (C=O) groups excluding carboxylic acids is 1. The van der Waals surface area contributed by atoms with E-state index in [4.69, 9.17) is 4.74 Å². The molecule has 7 nitrogen and oxygen atoms in total. The van der Waals surface area contributed by atoms with Crippen LogP contribution in [-0.4, -0.2) is 80.8 Å². The van der Waals surface area contributed by atoms with Crippen LogP contribution in [0.3, 0.4) is 0 Å². The predicted molar refractivity (Wildman–Crippen MR) is 84.7 cm³/mol. The van der Waals surface area contributed by atoms with E-state index in [1.807, 2.05) is 27.8 Å². The van der Waals surface area contributed by atoms with Crippen molar-refractivity contribution >= 4 is 12.1 Å². The minimum Gasteiger partial charge on any atom is -0.444 e. The maximum Gasteiger partial charge on any atom is 0.410 e. The molecule has 0 aromatic rings. The van der Waals surface area contributed by atoms with Gasteiger partial charge in [-0.1, -0.05) is 0 Å². The molecule has 0 aromatic carbocycles. The highest BCUT2D eigenvalue weighted by atomic mass is 16.6. The number of hydrogen-bond acceptors (Lipinski definition) is 4. The summed E-state index contributed by atoms with van der Waals surface area (Å²) in [6.07, 6.45) is -0.212. The molecule has 1 rings (SSSR count). The Morgan fingerprint density at radius 2 is 1.86 bits per heavy atom. The van der Waals surface area contributed by atoms with Gasteiger partial charge in [0.2, 0.25) is 0 Å². The molecule has 21 heavy (non-hydrogen) atoms. The van der Waals surface area contributed by atoms with Crippen LogP contribution in [-0.2, 0) is 4.74 Å². The number of hydrogen-bond donors (Lipinski definition) is 2. The van der Waals surface area contributed by atoms with Crippen LogP contribution in [0.15, 0.2) is 4.99 Å². The molecule has 0 saturated carbocycles. The maximum absolute atomic E-state index is 12.0. The Balaban J connectivity index is 2.25. The molecule has 0 atom stereocenters. The van der Waals surface area contributed by atoms with Gasteiger partial charge in [-0.3, -0.25) is 9.89 Å². The number of aliphatic imine (C=N–C) groups is 1. The summed E-state index contributed by atoms with van der Waals surface area (Å²) in [6.45, 7) is 10.6. The molecule has 1 fully saturated rings. The van der Waals surface area contributed by atoms with Crippen LogP contribution in [0.4, 0.5) is 4.79 Å². The fourth-order valence-electron chi connectivity index (χ4n) is 2.09. The van der Waals surface area contributed by atoms with E-state index in [0.717, 1.165) is 45.2 Å². The van der Waals surface area contributed by atoms with E-state index in [9.17, 15) is 4.79 Å². The molecular formula is C14H29N5O2. The zero-order chi connectivity index (χ0) is 15.9. The van der Waals surface area contributed by atoms with Gasteiger partial charge in [-0.05, 0) is 20.8 Å². The van der Waals surface area contributed by atoms with Gasteiger partial charge in [-0.25, -0.2) is 4.79 Å². The molecule has 0 bridgehead atoms. The largest absolute Gasteiger partial charge is 0.444 e. The Hall–Kier alpha value is -1.50. The Bertz CT molecular complexity index is 357. The number of nitrogens with one attached hydrogen (secondary N) is 2. The average molecular weight is 299 g/mol. The molecule has 7 heteroatoms. The third-order valence-electron chi connectivity index (χ3n) is 3.20. The second kappa shape index (κ2) is 8.07. The lowest BCUT2D eigenvalue weighted by Crippen LogP contribution is -2.51. The second-order valence-corrected chi connectivity index (χ2v) is 6.06. The molecule has 1 aliphatic heterocycles. The van der Waals surface area contributed by atoms with Gasteiger partial charge in [0.25, 0.3) is 0 Å². The van der Waals surface area contributed by atoms with Gasteiger partial charge in [0, 0.05) is 53.4 Å². The van der Waals surface area contributed by atoms with Crippen molar-refractivity contribution in [3.05, 3.63) is 0 Å². The normalized spacial score (nSPS) is 17.6. The summed E-state index contributed by atoms with van der Waals surface area (Å²) in [5.74, 6) is 0.794. The maximum atomic E-state index is 12.0. The highest BCUT2D eigenvalue weighted by Crippen LogP contribution is 2.11. The molecular weight excluding hydrogens is 270 g/mol. The van der Waals surface area contributed by atoms with E-state index in [1.165, 1.54) is 0 Å². The number of carbonyl (C=O) groups is 1. The Morgan fingerprint density at radius 3 is 2.33 bits per heavy atom. The second-order valence-electron chi connectivity index (χ2n) is 6.06. The number of nitrogens with zero attached hydrogens (tertiary/aromatic N) is 3. The van der Waals surface area contributed by atoms with Gasteiger partial charge in [-0.2, -0.15) is 0 Å². The Morgan fingerprint density at radius 1 is 1.24 bits per heavy atom. The van der Waals surface area contributed by atoms with E-state index in [2.05, 4.69) is 20.5 Å². The van der Waals surface area contributed by atoms with Crippen LogP contribution in [0.25, 0.3) is 0 Å². The molecule has 0 unspecified atom stereocenters. The minimum atomic E-state index is -0.429. The van der Waals surface area contributed by atoms with Crippen LogP contribution in [0, 0.1) is 0 Å². The highest BCUT2D eigenvalue weighted by Gasteiger charge is 2.25. The van der Waals surface area contributed by atoms with Crippen molar-refractivity contribution in [2.24, 2.45) is 4.99 Å². The zero-order valence-electron chi connectivity index (χ0n) is 13.9. The summed E-state index contributed by atoms with van der Waals surface area (Å²) in [7, 11) is 3.59. The van der Waals surface area contributed by atoms with Gasteiger partial charge in [0.05, 0.1) is 0 Å². The van der Waals surface area contributed by atoms with E-state index < -0.39 is 5.60 Å². The number of rotatable bonds is 3. The summed E-state index contributed by atoms with van der Waals surface area (Å²) < 4.78 is 5.39. The summed E-state index contributed by atoms with van der Waals surface area (Å²) in [5, 5.41) is 6.21. The fraction of sp³-hybridized carbons (Fsp3) is 0.857. The molecule has 0 radical (unpaired) electrons. The quantitative estimate of drug-likeness (QED) is 0.581. The smallest absolute Gasteiger partial charge is 0.410 e. The molecule has 0 spiro atoms. The first kappa shape index (κ1) is 17.6. The summed E-state index contributed by atoms with van der Waals surface area (Å²) in [4.78, 5) is 20.1. The third kappa shape index (κ3) is 6.66. The molecule has 1 heterocycles. The SMILES string of the molecule is CN=C(NC)NCCN1CCN(C(=O)OC(C)(C)C)CC1. The van der Waals surface area contributed by atoms with Crippen molar-refractivity contribution in [1.29, 1.82) is 0 Å². The summed E-state index contributed by atoms with van der Waals surface area (Å²) >= 11 is 0. The number of guanidine groups is 1. The van der Waals surface area contributed by atoms with Gasteiger partial charge in [-0.15, -0.1) is 0 Å². The summed E-state index contributed by atoms with van der Waals surface area (Å²) in [5.41, 5.74) is -0.429. The molecule has 0 aliphatic carbocycles. The molecule has 2 N–H and O–H groups in total. The molecule has 1 amide bonds. The van der Waals surface area contributed by atoms with Crippen molar-refractivity contribution < 1.29 is 9.53 Å². The number of amides is 1. The van der Waals surface area contributed by atoms with Crippen molar-refractivity contribution in [3.8, 4) is 0 Å².